The normalized spacial score (nSPS) is 12.7. The van der Waals surface area contributed by atoms with Crippen LogP contribution >= 0.6 is 0 Å². The highest BCUT2D eigenvalue weighted by atomic mass is 16.2. The van der Waals surface area contributed by atoms with Crippen molar-refractivity contribution in [2.45, 2.75) is 51.9 Å². The van der Waals surface area contributed by atoms with Gasteiger partial charge in [0.05, 0.1) is 17.9 Å². The Bertz CT molecular complexity index is 809. The van der Waals surface area contributed by atoms with E-state index in [4.69, 9.17) is 5.73 Å². The number of unbranched alkanes of at least 4 members (excludes halogenated alkanes) is 5. The largest absolute Gasteiger partial charge is 0.382 e. The molecule has 0 atom stereocenters. The molecule has 1 aliphatic heterocycles. The van der Waals surface area contributed by atoms with E-state index in [-0.39, 0.29) is 6.03 Å². The zero-order chi connectivity index (χ0) is 20.5. The van der Waals surface area contributed by atoms with Gasteiger partial charge in [0, 0.05) is 25.0 Å². The molecule has 0 spiro atoms. The first-order chi connectivity index (χ1) is 14.2. The van der Waals surface area contributed by atoms with Crippen molar-refractivity contribution in [2.24, 2.45) is 0 Å². The highest BCUT2D eigenvalue weighted by Crippen LogP contribution is 2.40. The van der Waals surface area contributed by atoms with E-state index in [1.807, 2.05) is 18.2 Å². The number of aromatic nitrogens is 1. The summed E-state index contributed by atoms with van der Waals surface area (Å²) in [4.78, 5) is 18.6. The number of carbonyl (C=O) groups excluding carboxylic acids is 1. The maximum atomic E-state index is 11.8. The Balaban J connectivity index is 1.37. The molecular weight excluding hydrogens is 364 g/mol. The van der Waals surface area contributed by atoms with Gasteiger partial charge in [0.25, 0.3) is 0 Å². The van der Waals surface area contributed by atoms with Crippen molar-refractivity contribution in [1.82, 2.24) is 15.6 Å². The molecule has 1 aromatic heterocycles. The topological polar surface area (TPSA) is 95.3 Å². The van der Waals surface area contributed by atoms with Gasteiger partial charge in [0.15, 0.2) is 0 Å². The first kappa shape index (κ1) is 21.0. The molecule has 0 saturated heterocycles. The van der Waals surface area contributed by atoms with E-state index in [0.29, 0.717) is 12.4 Å². The van der Waals surface area contributed by atoms with Crippen LogP contribution < -0.4 is 26.6 Å². The molecule has 0 fully saturated rings. The van der Waals surface area contributed by atoms with Gasteiger partial charge in [-0.3, -0.25) is 0 Å². The lowest BCUT2D eigenvalue weighted by molar-refractivity contribution is 0.240. The standard InChI is InChI=1S/C22H34N6O/c1-2-3-4-5-8-13-24-22(29)25-14-9-10-15-28-16-26-19-20(28)17-11-6-7-12-18(17)27-21(19)23/h6-7,11-12,26H,2-5,8-10,13-16H2,1H3,(H2,23,27)(H2,24,25,29). The van der Waals surface area contributed by atoms with Gasteiger partial charge in [0.1, 0.15) is 11.5 Å². The highest BCUT2D eigenvalue weighted by Gasteiger charge is 2.24. The number of fused-ring (bicyclic) bond motifs is 3. The number of nitrogens with one attached hydrogen (secondary N) is 3. The van der Waals surface area contributed by atoms with Gasteiger partial charge in [-0.05, 0) is 25.3 Å². The molecule has 0 bridgehead atoms. The second-order valence-corrected chi connectivity index (χ2v) is 7.64. The van der Waals surface area contributed by atoms with Gasteiger partial charge in [-0.25, -0.2) is 9.78 Å². The van der Waals surface area contributed by atoms with Crippen molar-refractivity contribution < 1.29 is 4.79 Å². The number of hydrogen-bond donors (Lipinski definition) is 4. The third kappa shape index (κ3) is 5.65. The second-order valence-electron chi connectivity index (χ2n) is 7.64. The van der Waals surface area contributed by atoms with Gasteiger partial charge in [-0.15, -0.1) is 0 Å². The molecule has 158 valence electrons. The van der Waals surface area contributed by atoms with Crippen molar-refractivity contribution in [3.8, 4) is 0 Å². The van der Waals surface area contributed by atoms with E-state index in [2.05, 4.69) is 38.8 Å². The maximum Gasteiger partial charge on any atom is 0.314 e. The zero-order valence-electron chi connectivity index (χ0n) is 17.5. The van der Waals surface area contributed by atoms with Gasteiger partial charge in [-0.1, -0.05) is 50.8 Å². The molecule has 1 aromatic carbocycles. The van der Waals surface area contributed by atoms with E-state index in [9.17, 15) is 4.79 Å². The lowest BCUT2D eigenvalue weighted by Crippen LogP contribution is -2.36. The molecule has 29 heavy (non-hydrogen) atoms. The third-order valence-electron chi connectivity index (χ3n) is 5.36. The monoisotopic (exact) mass is 398 g/mol. The molecule has 5 N–H and O–H groups in total. The van der Waals surface area contributed by atoms with Crippen LogP contribution in [0.2, 0.25) is 0 Å². The number of anilines is 3. The van der Waals surface area contributed by atoms with E-state index >= 15 is 0 Å². The summed E-state index contributed by atoms with van der Waals surface area (Å²) in [6.07, 6.45) is 7.96. The molecule has 0 radical (unpaired) electrons. The minimum Gasteiger partial charge on any atom is -0.382 e. The number of carbonyl (C=O) groups is 1. The summed E-state index contributed by atoms with van der Waals surface area (Å²) in [5.41, 5.74) is 9.12. The molecule has 7 heteroatoms. The first-order valence-corrected chi connectivity index (χ1v) is 10.9. The summed E-state index contributed by atoms with van der Waals surface area (Å²) in [6, 6.07) is 8.04. The Kier molecular flexibility index (Phi) is 7.78. The summed E-state index contributed by atoms with van der Waals surface area (Å²) in [7, 11) is 0. The average molecular weight is 399 g/mol. The molecule has 3 rings (SSSR count). The number of nitrogens with zero attached hydrogens (tertiary/aromatic N) is 2. The Hall–Kier alpha value is -2.70. The van der Waals surface area contributed by atoms with Crippen molar-refractivity contribution in [3.05, 3.63) is 24.3 Å². The number of benzene rings is 1. The van der Waals surface area contributed by atoms with Crippen molar-refractivity contribution >= 4 is 34.1 Å². The third-order valence-corrected chi connectivity index (χ3v) is 5.36. The fraction of sp³-hybridized carbons (Fsp3) is 0.545. The number of nitrogens with two attached hydrogens (primary N) is 1. The number of rotatable bonds is 11. The number of nitrogen functional groups attached to an aromatic ring is 1. The van der Waals surface area contributed by atoms with Crippen LogP contribution in [0.5, 0.6) is 0 Å². The predicted molar refractivity (Wildman–Crippen MR) is 121 cm³/mol. The Labute approximate surface area is 173 Å². The lowest BCUT2D eigenvalue weighted by Gasteiger charge is -2.19. The number of urea groups is 1. The van der Waals surface area contributed by atoms with Crippen LogP contribution in [-0.2, 0) is 0 Å². The summed E-state index contributed by atoms with van der Waals surface area (Å²) in [6.45, 7) is 5.30. The molecule has 2 aromatic rings. The summed E-state index contributed by atoms with van der Waals surface area (Å²) in [5.74, 6) is 0.550. The van der Waals surface area contributed by atoms with Crippen LogP contribution in [0, 0.1) is 0 Å². The Morgan fingerprint density at radius 3 is 2.62 bits per heavy atom. The Morgan fingerprint density at radius 2 is 1.83 bits per heavy atom. The molecular formula is C22H34N6O. The van der Waals surface area contributed by atoms with Gasteiger partial charge in [-0.2, -0.15) is 0 Å². The van der Waals surface area contributed by atoms with E-state index < -0.39 is 0 Å². The smallest absolute Gasteiger partial charge is 0.314 e. The van der Waals surface area contributed by atoms with E-state index in [0.717, 1.165) is 61.3 Å². The minimum atomic E-state index is -0.0569. The second kappa shape index (κ2) is 10.7. The SMILES string of the molecule is CCCCCCCNC(=O)NCCCCN1CNc2c(N)nc3ccccc3c21. The predicted octanol–water partition coefficient (Wildman–Crippen LogP) is 4.06. The van der Waals surface area contributed by atoms with Gasteiger partial charge >= 0.3 is 6.03 Å². The zero-order valence-corrected chi connectivity index (χ0v) is 17.5. The molecule has 2 heterocycles. The number of pyridine rings is 1. The van der Waals surface area contributed by atoms with Crippen molar-refractivity contribution in [3.63, 3.8) is 0 Å². The van der Waals surface area contributed by atoms with E-state index in [1.165, 1.54) is 25.7 Å². The van der Waals surface area contributed by atoms with Crippen LogP contribution in [-0.4, -0.2) is 37.3 Å². The fourth-order valence-corrected chi connectivity index (χ4v) is 3.78. The Morgan fingerprint density at radius 1 is 1.10 bits per heavy atom. The van der Waals surface area contributed by atoms with Crippen LogP contribution in [0.1, 0.15) is 51.9 Å². The maximum absolute atomic E-state index is 11.8. The van der Waals surface area contributed by atoms with Crippen LogP contribution in [0.3, 0.4) is 0 Å². The minimum absolute atomic E-state index is 0.0569. The van der Waals surface area contributed by atoms with Gasteiger partial charge in [0.2, 0.25) is 0 Å². The van der Waals surface area contributed by atoms with Crippen LogP contribution in [0.4, 0.5) is 22.0 Å². The summed E-state index contributed by atoms with van der Waals surface area (Å²) in [5, 5.41) is 10.4. The molecule has 0 aliphatic carbocycles. The van der Waals surface area contributed by atoms with Crippen molar-refractivity contribution in [1.29, 1.82) is 0 Å². The molecule has 1 aliphatic rings. The number of hydrogen-bond acceptors (Lipinski definition) is 5. The highest BCUT2D eigenvalue weighted by molar-refractivity contribution is 6.03. The fourth-order valence-electron chi connectivity index (χ4n) is 3.78. The molecule has 0 saturated carbocycles. The lowest BCUT2D eigenvalue weighted by atomic mass is 10.1. The quantitative estimate of drug-likeness (QED) is 0.428. The van der Waals surface area contributed by atoms with Crippen LogP contribution in [0.25, 0.3) is 10.9 Å². The van der Waals surface area contributed by atoms with Crippen LogP contribution in [0.15, 0.2) is 24.3 Å². The molecule has 0 unspecified atom stereocenters. The van der Waals surface area contributed by atoms with Gasteiger partial charge < -0.3 is 26.6 Å². The first-order valence-electron chi connectivity index (χ1n) is 10.9. The van der Waals surface area contributed by atoms with E-state index in [1.54, 1.807) is 0 Å². The average Bonchev–Trinajstić information content (AvgIpc) is 3.15. The summed E-state index contributed by atoms with van der Waals surface area (Å²) < 4.78 is 0. The summed E-state index contributed by atoms with van der Waals surface area (Å²) >= 11 is 0. The molecule has 7 nitrogen and oxygen atoms in total. The molecule has 2 amide bonds. The van der Waals surface area contributed by atoms with Crippen molar-refractivity contribution in [2.75, 3.05) is 42.3 Å². The number of amides is 2. The number of para-hydroxylation sites is 1.